The summed E-state index contributed by atoms with van der Waals surface area (Å²) in [6.45, 7) is 0.472. The quantitative estimate of drug-likeness (QED) is 0.724. The number of hydrogen-bond acceptors (Lipinski definition) is 6. The number of benzene rings is 2. The number of carbonyl (C=O) groups is 2. The van der Waals surface area contributed by atoms with Crippen LogP contribution in [-0.4, -0.2) is 30.2 Å². The zero-order chi connectivity index (χ0) is 16.8. The van der Waals surface area contributed by atoms with Crippen molar-refractivity contribution < 1.29 is 41.7 Å². The number of aromatic carboxylic acids is 2. The monoisotopic (exact) mass is 362 g/mol. The fraction of sp³-hybridized carbons (Fsp3) is 0.125. The van der Waals surface area contributed by atoms with Gasteiger partial charge in [-0.3, -0.25) is 0 Å². The predicted octanol–water partition coefficient (Wildman–Crippen LogP) is -0.965. The van der Waals surface area contributed by atoms with Crippen LogP contribution in [0.15, 0.2) is 60.7 Å². The predicted molar refractivity (Wildman–Crippen MR) is 77.7 cm³/mol. The first-order valence-corrected chi connectivity index (χ1v) is 6.36. The third-order valence-corrected chi connectivity index (χ3v) is 2.15. The minimum atomic E-state index is -1.13. The van der Waals surface area contributed by atoms with Crippen LogP contribution in [0.25, 0.3) is 0 Å². The van der Waals surface area contributed by atoms with Crippen LogP contribution in [0.4, 0.5) is 0 Å². The molecule has 0 aliphatic heterocycles. The van der Waals surface area contributed by atoms with Gasteiger partial charge in [-0.2, -0.15) is 0 Å². The van der Waals surface area contributed by atoms with Crippen LogP contribution in [0.1, 0.15) is 20.7 Å². The van der Waals surface area contributed by atoms with Gasteiger partial charge in [0.2, 0.25) is 0 Å². The Bertz CT molecular complexity index is 497. The molecule has 2 aromatic rings. The van der Waals surface area contributed by atoms with Crippen LogP contribution in [0.5, 0.6) is 0 Å². The summed E-state index contributed by atoms with van der Waals surface area (Å²) in [5.74, 6) is -2.26. The van der Waals surface area contributed by atoms with Crippen molar-refractivity contribution in [3.63, 3.8) is 0 Å². The topological polar surface area (TPSA) is 127 Å². The van der Waals surface area contributed by atoms with Gasteiger partial charge in [-0.05, 0) is 11.1 Å². The number of carboxylic acids is 2. The Hall–Kier alpha value is -2.19. The van der Waals surface area contributed by atoms with Gasteiger partial charge in [-0.25, -0.2) is 0 Å². The van der Waals surface area contributed by atoms with Crippen molar-refractivity contribution in [1.82, 2.24) is 0 Å². The van der Waals surface area contributed by atoms with Crippen molar-refractivity contribution in [1.29, 1.82) is 0 Å². The number of nitrogens with two attached hydrogens (primary N) is 1. The number of carbonyl (C=O) groups excluding carboxylic acids is 2. The van der Waals surface area contributed by atoms with E-state index in [1.54, 1.807) is 36.4 Å². The standard InChI is InChI=1S/2C7H6O2.C2H7NO.Co/c2*8-7(9)6-4-2-1-3-5-6;3-1-2-4;/h2*1-5H,(H,8,9);4H,1-3H2;/q;;;+2/p-2. The molecule has 0 bridgehead atoms. The van der Waals surface area contributed by atoms with Crippen molar-refractivity contribution in [3.8, 4) is 0 Å². The second kappa shape index (κ2) is 14.7. The molecule has 2 aromatic carbocycles. The van der Waals surface area contributed by atoms with E-state index in [9.17, 15) is 19.8 Å². The average Bonchev–Trinajstić information content (AvgIpc) is 2.57. The summed E-state index contributed by atoms with van der Waals surface area (Å²) in [5, 5.41) is 27.9. The maximum absolute atomic E-state index is 10.1. The second-order valence-electron chi connectivity index (χ2n) is 3.82. The van der Waals surface area contributed by atoms with Gasteiger partial charge >= 0.3 is 16.8 Å². The van der Waals surface area contributed by atoms with E-state index < -0.39 is 11.9 Å². The van der Waals surface area contributed by atoms with Crippen molar-refractivity contribution in [2.45, 2.75) is 0 Å². The SMILES string of the molecule is NCCO.O=C([O-])c1ccccc1.O=C([O-])c1ccccc1.[Co+2]. The average molecular weight is 362 g/mol. The van der Waals surface area contributed by atoms with E-state index >= 15 is 0 Å². The zero-order valence-electron chi connectivity index (χ0n) is 12.2. The molecule has 1 radical (unpaired) electrons. The summed E-state index contributed by atoms with van der Waals surface area (Å²) in [6.07, 6.45) is 0. The summed E-state index contributed by atoms with van der Waals surface area (Å²) in [4.78, 5) is 20.2. The van der Waals surface area contributed by atoms with Crippen molar-refractivity contribution >= 4 is 11.9 Å². The van der Waals surface area contributed by atoms with Crippen LogP contribution in [0.2, 0.25) is 0 Å². The van der Waals surface area contributed by atoms with E-state index in [1.807, 2.05) is 0 Å². The van der Waals surface area contributed by atoms with E-state index in [0.717, 1.165) is 0 Å². The van der Waals surface area contributed by atoms with E-state index in [2.05, 4.69) is 0 Å². The van der Waals surface area contributed by atoms with Gasteiger partial charge in [-0.1, -0.05) is 60.7 Å². The Morgan fingerprint density at radius 1 is 0.826 bits per heavy atom. The van der Waals surface area contributed by atoms with Gasteiger partial charge in [0.15, 0.2) is 0 Å². The van der Waals surface area contributed by atoms with Crippen LogP contribution in [-0.2, 0) is 16.8 Å². The fourth-order valence-corrected chi connectivity index (χ4v) is 1.15. The first kappa shape index (κ1) is 23.1. The third-order valence-electron chi connectivity index (χ3n) is 2.15. The zero-order valence-corrected chi connectivity index (χ0v) is 13.2. The normalized spacial score (nSPS) is 8.26. The summed E-state index contributed by atoms with van der Waals surface area (Å²) >= 11 is 0. The minimum Gasteiger partial charge on any atom is -0.545 e. The number of hydrogen-bond donors (Lipinski definition) is 2. The summed E-state index contributed by atoms with van der Waals surface area (Å²) in [5.41, 5.74) is 5.22. The molecule has 23 heavy (non-hydrogen) atoms. The second-order valence-corrected chi connectivity index (χ2v) is 3.82. The van der Waals surface area contributed by atoms with E-state index in [0.29, 0.717) is 6.54 Å². The first-order valence-electron chi connectivity index (χ1n) is 6.36. The number of aliphatic hydroxyl groups excluding tert-OH is 1. The van der Waals surface area contributed by atoms with Gasteiger partial charge < -0.3 is 30.6 Å². The molecule has 0 heterocycles. The molecule has 0 saturated heterocycles. The molecule has 0 unspecified atom stereocenters. The van der Waals surface area contributed by atoms with Gasteiger partial charge in [0, 0.05) is 6.54 Å². The first-order chi connectivity index (χ1) is 10.5. The molecule has 0 saturated carbocycles. The Kier molecular flexibility index (Phi) is 14.8. The molecule has 0 fully saturated rings. The molecule has 0 amide bonds. The maximum atomic E-state index is 10.1. The molecular weight excluding hydrogens is 345 g/mol. The van der Waals surface area contributed by atoms with Gasteiger partial charge in [0.05, 0.1) is 18.5 Å². The van der Waals surface area contributed by atoms with Crippen molar-refractivity contribution in [2.24, 2.45) is 5.73 Å². The van der Waals surface area contributed by atoms with E-state index in [1.165, 1.54) is 24.3 Å². The molecule has 0 atom stereocenters. The van der Waals surface area contributed by atoms with Crippen LogP contribution in [0, 0.1) is 0 Å². The maximum Gasteiger partial charge on any atom is 2.00 e. The molecule has 0 aliphatic rings. The minimum absolute atomic E-state index is 0. The Balaban J connectivity index is 0. The Morgan fingerprint density at radius 3 is 1.22 bits per heavy atom. The number of aliphatic hydroxyl groups is 1. The fourth-order valence-electron chi connectivity index (χ4n) is 1.15. The summed E-state index contributed by atoms with van der Waals surface area (Å²) in [6, 6.07) is 16.1. The Labute approximate surface area is 144 Å². The molecule has 6 nitrogen and oxygen atoms in total. The molecule has 3 N–H and O–H groups in total. The molecule has 0 spiro atoms. The number of carboxylic acid groups (broad SMARTS) is 2. The summed E-state index contributed by atoms with van der Waals surface area (Å²) < 4.78 is 0. The third kappa shape index (κ3) is 12.1. The largest absolute Gasteiger partial charge is 2.00 e. The molecule has 2 rings (SSSR count). The molecule has 125 valence electrons. The van der Waals surface area contributed by atoms with Crippen LogP contribution < -0.4 is 15.9 Å². The Morgan fingerprint density at radius 2 is 1.09 bits per heavy atom. The molecule has 0 aromatic heterocycles. The smallest absolute Gasteiger partial charge is 0.545 e. The summed E-state index contributed by atoms with van der Waals surface area (Å²) in [7, 11) is 0. The van der Waals surface area contributed by atoms with Crippen molar-refractivity contribution in [2.75, 3.05) is 13.2 Å². The van der Waals surface area contributed by atoms with Crippen LogP contribution in [0.3, 0.4) is 0 Å². The van der Waals surface area contributed by atoms with E-state index in [4.69, 9.17) is 10.8 Å². The van der Waals surface area contributed by atoms with E-state index in [-0.39, 0.29) is 34.5 Å². The van der Waals surface area contributed by atoms with Crippen LogP contribution >= 0.6 is 0 Å². The van der Waals surface area contributed by atoms with Gasteiger partial charge in [-0.15, -0.1) is 0 Å². The molecule has 0 aliphatic carbocycles. The van der Waals surface area contributed by atoms with Gasteiger partial charge in [0.1, 0.15) is 0 Å². The molecule has 7 heteroatoms. The van der Waals surface area contributed by atoms with Gasteiger partial charge in [0.25, 0.3) is 0 Å². The molecular formula is C16H17CoNO5. The van der Waals surface area contributed by atoms with Crippen molar-refractivity contribution in [3.05, 3.63) is 71.8 Å². The number of rotatable bonds is 3.